The summed E-state index contributed by atoms with van der Waals surface area (Å²) in [6.07, 6.45) is 2.26. The van der Waals surface area contributed by atoms with Crippen molar-refractivity contribution in [1.29, 1.82) is 0 Å². The second-order valence-corrected chi connectivity index (χ2v) is 9.11. The molecule has 0 spiro atoms. The van der Waals surface area contributed by atoms with Crippen molar-refractivity contribution in [3.8, 4) is 11.5 Å². The number of methoxy groups -OCH3 is 2. The number of hydrogen-bond donors (Lipinski definition) is 1. The smallest absolute Gasteiger partial charge is 0.354 e. The number of rotatable bonds is 8. The number of nitrogens with one attached hydrogen (secondary N) is 1. The molecular formula is C21H27N3O7S. The van der Waals surface area contributed by atoms with Crippen LogP contribution in [0.25, 0.3) is 0 Å². The van der Waals surface area contributed by atoms with Crippen molar-refractivity contribution in [2.24, 2.45) is 7.05 Å². The van der Waals surface area contributed by atoms with Crippen LogP contribution in [0.15, 0.2) is 35.4 Å². The fraction of sp³-hybridized carbons (Fsp3) is 0.429. The lowest BCUT2D eigenvalue weighted by atomic mass is 10.2. The van der Waals surface area contributed by atoms with Crippen LogP contribution >= 0.6 is 0 Å². The summed E-state index contributed by atoms with van der Waals surface area (Å²) in [7, 11) is 0.541. The molecule has 174 valence electrons. The summed E-state index contributed by atoms with van der Waals surface area (Å²) in [5.74, 6) is -0.117. The maximum Gasteiger partial charge on any atom is 0.354 e. The van der Waals surface area contributed by atoms with E-state index in [1.165, 1.54) is 35.4 Å². The number of hydrogen-bond acceptors (Lipinski definition) is 7. The number of carbonyl (C=O) groups excluding carboxylic acids is 2. The minimum atomic E-state index is -4.01. The third kappa shape index (κ3) is 4.58. The second kappa shape index (κ2) is 9.61. The normalized spacial score (nSPS) is 16.6. The zero-order valence-electron chi connectivity index (χ0n) is 18.5. The van der Waals surface area contributed by atoms with E-state index < -0.39 is 27.9 Å². The van der Waals surface area contributed by atoms with Crippen LogP contribution in [-0.4, -0.2) is 62.6 Å². The summed E-state index contributed by atoms with van der Waals surface area (Å²) in [4.78, 5) is 25.0. The molecule has 10 nitrogen and oxygen atoms in total. The Kier molecular flexibility index (Phi) is 7.09. The molecule has 1 saturated heterocycles. The zero-order chi connectivity index (χ0) is 23.5. The van der Waals surface area contributed by atoms with Gasteiger partial charge in [0.2, 0.25) is 15.9 Å². The minimum Gasteiger partial charge on any atom is -0.497 e. The van der Waals surface area contributed by atoms with Gasteiger partial charge in [-0.05, 0) is 38.0 Å². The van der Waals surface area contributed by atoms with Crippen LogP contribution in [0, 0.1) is 0 Å². The number of amides is 1. The van der Waals surface area contributed by atoms with E-state index in [1.807, 2.05) is 0 Å². The van der Waals surface area contributed by atoms with Crippen LogP contribution in [0.2, 0.25) is 0 Å². The summed E-state index contributed by atoms with van der Waals surface area (Å²) in [6, 6.07) is 5.30. The lowest BCUT2D eigenvalue weighted by molar-refractivity contribution is -0.119. The van der Waals surface area contributed by atoms with Crippen LogP contribution in [0.1, 0.15) is 30.3 Å². The molecule has 2 aromatic rings. The Bertz CT molecular complexity index is 1110. The summed E-state index contributed by atoms with van der Waals surface area (Å²) in [5.41, 5.74) is 0.528. The first-order chi connectivity index (χ1) is 15.2. The van der Waals surface area contributed by atoms with E-state index in [4.69, 9.17) is 14.2 Å². The van der Waals surface area contributed by atoms with Gasteiger partial charge in [-0.1, -0.05) is 0 Å². The number of anilines is 1. The van der Waals surface area contributed by atoms with Gasteiger partial charge < -0.3 is 24.1 Å². The number of nitrogens with zero attached hydrogens (tertiary/aromatic N) is 2. The average molecular weight is 466 g/mol. The van der Waals surface area contributed by atoms with Crippen molar-refractivity contribution in [2.75, 3.05) is 32.7 Å². The van der Waals surface area contributed by atoms with Crippen LogP contribution in [0.4, 0.5) is 5.69 Å². The Morgan fingerprint density at radius 2 is 1.94 bits per heavy atom. The predicted molar refractivity (Wildman–Crippen MR) is 116 cm³/mol. The molecule has 2 heterocycles. The lowest BCUT2D eigenvalue weighted by Crippen LogP contribution is -2.43. The quantitative estimate of drug-likeness (QED) is 0.593. The van der Waals surface area contributed by atoms with Crippen LogP contribution in [0.3, 0.4) is 0 Å². The van der Waals surface area contributed by atoms with Gasteiger partial charge in [-0.2, -0.15) is 4.31 Å². The first kappa shape index (κ1) is 23.6. The molecule has 1 fully saturated rings. The topological polar surface area (TPSA) is 116 Å². The highest BCUT2D eigenvalue weighted by Gasteiger charge is 2.40. The van der Waals surface area contributed by atoms with E-state index >= 15 is 0 Å². The molecule has 32 heavy (non-hydrogen) atoms. The number of aromatic nitrogens is 1. The molecule has 3 rings (SSSR count). The maximum atomic E-state index is 13.3. The molecule has 1 amide bonds. The van der Waals surface area contributed by atoms with Crippen molar-refractivity contribution in [3.63, 3.8) is 0 Å². The SMILES string of the molecule is CCOC(=O)c1cc(S(=O)(=O)N2CCC[C@H]2C(=O)Nc2ccc(OC)cc2OC)cn1C. The second-order valence-electron chi connectivity index (χ2n) is 7.22. The third-order valence-electron chi connectivity index (χ3n) is 5.24. The zero-order valence-corrected chi connectivity index (χ0v) is 19.3. The highest BCUT2D eigenvalue weighted by molar-refractivity contribution is 7.89. The Morgan fingerprint density at radius 3 is 2.59 bits per heavy atom. The van der Waals surface area contributed by atoms with Gasteiger partial charge in [-0.3, -0.25) is 4.79 Å². The van der Waals surface area contributed by atoms with Crippen molar-refractivity contribution >= 4 is 27.6 Å². The molecule has 0 radical (unpaired) electrons. The molecule has 1 aliphatic rings. The van der Waals surface area contributed by atoms with E-state index in [0.29, 0.717) is 30.0 Å². The number of aryl methyl sites for hydroxylation is 1. The van der Waals surface area contributed by atoms with E-state index in [1.54, 1.807) is 32.2 Å². The van der Waals surface area contributed by atoms with Crippen molar-refractivity contribution in [2.45, 2.75) is 30.7 Å². The van der Waals surface area contributed by atoms with Gasteiger partial charge in [-0.15, -0.1) is 0 Å². The molecule has 0 unspecified atom stereocenters. The summed E-state index contributed by atoms with van der Waals surface area (Å²) >= 11 is 0. The van der Waals surface area contributed by atoms with E-state index in [9.17, 15) is 18.0 Å². The molecule has 1 aromatic carbocycles. The Labute approximate surface area is 187 Å². The number of benzene rings is 1. The molecule has 1 atom stereocenters. The van der Waals surface area contributed by atoms with Crippen molar-refractivity contribution in [1.82, 2.24) is 8.87 Å². The van der Waals surface area contributed by atoms with E-state index in [2.05, 4.69) is 5.32 Å². The summed E-state index contributed by atoms with van der Waals surface area (Å²) < 4.78 is 44.6. The number of esters is 1. The molecule has 1 aliphatic heterocycles. The molecular weight excluding hydrogens is 438 g/mol. The number of ether oxygens (including phenoxy) is 3. The Morgan fingerprint density at radius 1 is 1.19 bits per heavy atom. The van der Waals surface area contributed by atoms with Gasteiger partial charge >= 0.3 is 5.97 Å². The molecule has 0 aliphatic carbocycles. The van der Waals surface area contributed by atoms with Crippen molar-refractivity contribution in [3.05, 3.63) is 36.2 Å². The average Bonchev–Trinajstić information content (AvgIpc) is 3.42. The number of sulfonamides is 1. The largest absolute Gasteiger partial charge is 0.497 e. The van der Waals surface area contributed by atoms with E-state index in [-0.39, 0.29) is 23.7 Å². The fourth-order valence-electron chi connectivity index (χ4n) is 3.63. The lowest BCUT2D eigenvalue weighted by Gasteiger charge is -2.23. The molecule has 0 bridgehead atoms. The maximum absolute atomic E-state index is 13.3. The predicted octanol–water partition coefficient (Wildman–Crippen LogP) is 2.01. The standard InChI is InChI=1S/C21H27N3O7S/c1-5-31-21(26)18-12-15(13-23(18)2)32(27,28)24-10-6-7-17(24)20(25)22-16-9-8-14(29-3)11-19(16)30-4/h8-9,11-13,17H,5-7,10H2,1-4H3,(H,22,25)/t17-/m0/s1. The van der Waals surface area contributed by atoms with Crippen LogP contribution in [-0.2, 0) is 26.6 Å². The summed E-state index contributed by atoms with van der Waals surface area (Å²) in [5, 5.41) is 2.75. The van der Waals surface area contributed by atoms with Gasteiger partial charge in [0, 0.05) is 25.9 Å². The van der Waals surface area contributed by atoms with E-state index in [0.717, 1.165) is 0 Å². The molecule has 0 saturated carbocycles. The Balaban J connectivity index is 1.84. The summed E-state index contributed by atoms with van der Waals surface area (Å²) in [6.45, 7) is 2.04. The Hall–Kier alpha value is -3.05. The molecule has 1 aromatic heterocycles. The minimum absolute atomic E-state index is 0.0650. The first-order valence-electron chi connectivity index (χ1n) is 10.1. The highest BCUT2D eigenvalue weighted by Crippen LogP contribution is 2.32. The van der Waals surface area contributed by atoms with Crippen molar-refractivity contribution < 1.29 is 32.2 Å². The monoisotopic (exact) mass is 465 g/mol. The van der Waals surface area contributed by atoms with Crippen LogP contribution < -0.4 is 14.8 Å². The van der Waals surface area contributed by atoms with Gasteiger partial charge in [0.15, 0.2) is 0 Å². The third-order valence-corrected chi connectivity index (χ3v) is 7.12. The van der Waals surface area contributed by atoms with Gasteiger partial charge in [0.25, 0.3) is 0 Å². The highest BCUT2D eigenvalue weighted by atomic mass is 32.2. The van der Waals surface area contributed by atoms with Crippen LogP contribution in [0.5, 0.6) is 11.5 Å². The molecule has 11 heteroatoms. The number of carbonyl (C=O) groups is 2. The molecule has 1 N–H and O–H groups in total. The first-order valence-corrected chi connectivity index (χ1v) is 11.5. The van der Waals surface area contributed by atoms with Gasteiger partial charge in [-0.25, -0.2) is 13.2 Å². The van der Waals surface area contributed by atoms with Gasteiger partial charge in [0.05, 0.1) is 26.5 Å². The fourth-order valence-corrected chi connectivity index (χ4v) is 5.35. The van der Waals surface area contributed by atoms with Gasteiger partial charge in [0.1, 0.15) is 28.1 Å².